The van der Waals surface area contributed by atoms with Crippen molar-refractivity contribution in [3.63, 3.8) is 0 Å². The van der Waals surface area contributed by atoms with E-state index in [1.165, 1.54) is 24.4 Å². The van der Waals surface area contributed by atoms with Crippen LogP contribution in [0, 0.1) is 0 Å². The summed E-state index contributed by atoms with van der Waals surface area (Å²) in [6.07, 6.45) is -2.53. The van der Waals surface area contributed by atoms with Crippen molar-refractivity contribution in [3.05, 3.63) is 47.9 Å². The molecule has 0 saturated carbocycles. The Bertz CT molecular complexity index is 573. The van der Waals surface area contributed by atoms with Gasteiger partial charge < -0.3 is 5.73 Å². The summed E-state index contributed by atoms with van der Waals surface area (Å²) < 4.78 is 38.8. The topological polar surface area (TPSA) is 51.8 Å². The Morgan fingerprint density at radius 2 is 1.80 bits per heavy atom. The number of benzene rings is 1. The number of hydrogen-bond donors (Lipinski definition) is 1. The minimum atomic E-state index is -4.41. The number of hydrogen-bond acceptors (Lipinski definition) is 3. The van der Waals surface area contributed by atoms with E-state index in [2.05, 4.69) is 9.97 Å². The van der Waals surface area contributed by atoms with Gasteiger partial charge >= 0.3 is 6.18 Å². The zero-order chi connectivity index (χ0) is 13.9. The first-order valence-electron chi connectivity index (χ1n) is 5.71. The third-order valence-corrected chi connectivity index (χ3v) is 2.58. The van der Waals surface area contributed by atoms with E-state index in [0.29, 0.717) is 18.8 Å². The van der Waals surface area contributed by atoms with Crippen molar-refractivity contribution in [2.24, 2.45) is 5.73 Å². The van der Waals surface area contributed by atoms with Crippen molar-refractivity contribution in [1.82, 2.24) is 9.97 Å². The lowest BCUT2D eigenvalue weighted by Gasteiger charge is -2.12. The van der Waals surface area contributed by atoms with Crippen molar-refractivity contribution >= 4 is 12.4 Å². The Morgan fingerprint density at radius 3 is 2.45 bits per heavy atom. The van der Waals surface area contributed by atoms with Crippen LogP contribution in [0.15, 0.2) is 36.5 Å². The number of halogens is 4. The minimum Gasteiger partial charge on any atom is -0.330 e. The van der Waals surface area contributed by atoms with E-state index in [-0.39, 0.29) is 23.7 Å². The van der Waals surface area contributed by atoms with Crippen LogP contribution in [0.1, 0.15) is 11.4 Å². The van der Waals surface area contributed by atoms with Gasteiger partial charge in [-0.3, -0.25) is 0 Å². The summed E-state index contributed by atoms with van der Waals surface area (Å²) in [5.41, 5.74) is 4.99. The van der Waals surface area contributed by atoms with Gasteiger partial charge in [0.15, 0.2) is 0 Å². The molecule has 3 nitrogen and oxygen atoms in total. The van der Waals surface area contributed by atoms with Gasteiger partial charge in [0.25, 0.3) is 0 Å². The standard InChI is InChI=1S/C13H12F3N3.ClH/c14-13(15,16)10-4-2-1-3-9(10)11-6-8-18-12(19-11)5-7-17;/h1-4,6,8H,5,7,17H2;1H. The summed E-state index contributed by atoms with van der Waals surface area (Å²) in [5, 5.41) is 0. The summed E-state index contributed by atoms with van der Waals surface area (Å²) >= 11 is 0. The fraction of sp³-hybridized carbons (Fsp3) is 0.231. The molecule has 1 heterocycles. The SMILES string of the molecule is Cl.NCCc1nccc(-c2ccccc2C(F)(F)F)n1. The second-order valence-corrected chi connectivity index (χ2v) is 3.94. The van der Waals surface area contributed by atoms with E-state index in [1.54, 1.807) is 6.07 Å². The number of nitrogens with two attached hydrogens (primary N) is 1. The second-order valence-electron chi connectivity index (χ2n) is 3.94. The highest BCUT2D eigenvalue weighted by molar-refractivity contribution is 5.85. The zero-order valence-corrected chi connectivity index (χ0v) is 11.2. The van der Waals surface area contributed by atoms with Crippen LogP contribution < -0.4 is 5.73 Å². The van der Waals surface area contributed by atoms with Crippen LogP contribution in [0.25, 0.3) is 11.3 Å². The van der Waals surface area contributed by atoms with Gasteiger partial charge in [-0.05, 0) is 18.7 Å². The van der Waals surface area contributed by atoms with Gasteiger partial charge in [-0.25, -0.2) is 9.97 Å². The van der Waals surface area contributed by atoms with Crippen LogP contribution in [0.5, 0.6) is 0 Å². The van der Waals surface area contributed by atoms with Gasteiger partial charge in [-0.15, -0.1) is 12.4 Å². The molecule has 0 aliphatic carbocycles. The first-order chi connectivity index (χ1) is 9.02. The molecule has 20 heavy (non-hydrogen) atoms. The highest BCUT2D eigenvalue weighted by Gasteiger charge is 2.33. The normalized spacial score (nSPS) is 11.0. The lowest BCUT2D eigenvalue weighted by Crippen LogP contribution is -2.09. The quantitative estimate of drug-likeness (QED) is 0.948. The molecule has 2 aromatic rings. The molecule has 0 aliphatic rings. The van der Waals surface area contributed by atoms with E-state index in [4.69, 9.17) is 5.73 Å². The average molecular weight is 304 g/mol. The maximum atomic E-state index is 12.9. The van der Waals surface area contributed by atoms with E-state index in [9.17, 15) is 13.2 Å². The molecular formula is C13H13ClF3N3. The fourth-order valence-corrected chi connectivity index (χ4v) is 1.75. The lowest BCUT2D eigenvalue weighted by molar-refractivity contribution is -0.137. The molecule has 0 aliphatic heterocycles. The number of nitrogens with zero attached hydrogens (tertiary/aromatic N) is 2. The van der Waals surface area contributed by atoms with Crippen LogP contribution in [0.2, 0.25) is 0 Å². The molecule has 0 spiro atoms. The lowest BCUT2D eigenvalue weighted by atomic mass is 10.0. The van der Waals surface area contributed by atoms with Gasteiger partial charge in [-0.2, -0.15) is 13.2 Å². The number of aromatic nitrogens is 2. The Morgan fingerprint density at radius 1 is 1.10 bits per heavy atom. The second kappa shape index (κ2) is 6.67. The highest BCUT2D eigenvalue weighted by Crippen LogP contribution is 2.36. The van der Waals surface area contributed by atoms with Crippen LogP contribution in [0.3, 0.4) is 0 Å². The fourth-order valence-electron chi connectivity index (χ4n) is 1.75. The van der Waals surface area contributed by atoms with Crippen LogP contribution in [-0.4, -0.2) is 16.5 Å². The Kier molecular flexibility index (Phi) is 5.47. The molecule has 1 aromatic heterocycles. The van der Waals surface area contributed by atoms with Crippen molar-refractivity contribution in [3.8, 4) is 11.3 Å². The Labute approximate surface area is 120 Å². The highest BCUT2D eigenvalue weighted by atomic mass is 35.5. The van der Waals surface area contributed by atoms with E-state index in [0.717, 1.165) is 6.07 Å². The van der Waals surface area contributed by atoms with Gasteiger partial charge in [0.1, 0.15) is 5.82 Å². The molecule has 108 valence electrons. The smallest absolute Gasteiger partial charge is 0.330 e. The zero-order valence-electron chi connectivity index (χ0n) is 10.4. The number of rotatable bonds is 3. The molecule has 0 unspecified atom stereocenters. The third kappa shape index (κ3) is 3.68. The molecule has 0 radical (unpaired) electrons. The molecule has 0 amide bonds. The molecule has 0 atom stereocenters. The molecule has 0 bridgehead atoms. The predicted molar refractivity (Wildman–Crippen MR) is 72.5 cm³/mol. The maximum Gasteiger partial charge on any atom is 0.417 e. The van der Waals surface area contributed by atoms with Crippen LogP contribution in [0.4, 0.5) is 13.2 Å². The summed E-state index contributed by atoms with van der Waals surface area (Å²) in [4.78, 5) is 8.09. The van der Waals surface area contributed by atoms with Gasteiger partial charge in [0, 0.05) is 18.2 Å². The first kappa shape index (κ1) is 16.4. The monoisotopic (exact) mass is 303 g/mol. The summed E-state index contributed by atoms with van der Waals surface area (Å²) in [6.45, 7) is 0.352. The minimum absolute atomic E-state index is 0. The number of alkyl halides is 3. The molecule has 2 rings (SSSR count). The molecule has 1 aromatic carbocycles. The largest absolute Gasteiger partial charge is 0.417 e. The van der Waals surface area contributed by atoms with Gasteiger partial charge in [-0.1, -0.05) is 18.2 Å². The first-order valence-corrected chi connectivity index (χ1v) is 5.71. The van der Waals surface area contributed by atoms with Crippen LogP contribution >= 0.6 is 12.4 Å². The van der Waals surface area contributed by atoms with Gasteiger partial charge in [0.05, 0.1) is 11.3 Å². The van der Waals surface area contributed by atoms with E-state index >= 15 is 0 Å². The molecule has 0 fully saturated rings. The van der Waals surface area contributed by atoms with Gasteiger partial charge in [0.2, 0.25) is 0 Å². The summed E-state index contributed by atoms with van der Waals surface area (Å²) in [6, 6.07) is 6.81. The maximum absolute atomic E-state index is 12.9. The van der Waals surface area contributed by atoms with Crippen molar-refractivity contribution in [1.29, 1.82) is 0 Å². The molecular weight excluding hydrogens is 291 g/mol. The van der Waals surface area contributed by atoms with E-state index in [1.807, 2.05) is 0 Å². The summed E-state index contributed by atoms with van der Waals surface area (Å²) in [5.74, 6) is 0.442. The van der Waals surface area contributed by atoms with Crippen LogP contribution in [-0.2, 0) is 12.6 Å². The predicted octanol–water partition coefficient (Wildman–Crippen LogP) is 3.09. The van der Waals surface area contributed by atoms with E-state index < -0.39 is 11.7 Å². The Balaban J connectivity index is 0.00000200. The Hall–Kier alpha value is -1.66. The van der Waals surface area contributed by atoms with Crippen molar-refractivity contribution < 1.29 is 13.2 Å². The molecule has 2 N–H and O–H groups in total. The average Bonchev–Trinajstić information content (AvgIpc) is 2.38. The molecule has 7 heteroatoms. The molecule has 0 saturated heterocycles. The third-order valence-electron chi connectivity index (χ3n) is 2.58. The summed E-state index contributed by atoms with van der Waals surface area (Å²) in [7, 11) is 0. The van der Waals surface area contributed by atoms with Crippen molar-refractivity contribution in [2.75, 3.05) is 6.54 Å². The van der Waals surface area contributed by atoms with Crippen molar-refractivity contribution in [2.45, 2.75) is 12.6 Å².